The number of nitrogens with zero attached hydrogens (tertiary/aromatic N) is 4. The third kappa shape index (κ3) is 5.48. The van der Waals surface area contributed by atoms with Crippen LogP contribution >= 0.6 is 0 Å². The van der Waals surface area contributed by atoms with Crippen LogP contribution in [0.5, 0.6) is 0 Å². The van der Waals surface area contributed by atoms with Crippen LogP contribution in [-0.2, 0) is 4.74 Å². The molecule has 1 atom stereocenters. The van der Waals surface area contributed by atoms with Gasteiger partial charge in [-0.2, -0.15) is 0 Å². The first-order valence-corrected chi connectivity index (χ1v) is 12.6. The number of piperidine rings is 1. The second-order valence-electron chi connectivity index (χ2n) is 9.66. The second-order valence-corrected chi connectivity index (χ2v) is 9.66. The number of benzene rings is 1. The van der Waals surface area contributed by atoms with Crippen molar-refractivity contribution in [3.8, 4) is 11.4 Å². The van der Waals surface area contributed by atoms with Crippen molar-refractivity contribution in [1.29, 1.82) is 0 Å². The highest BCUT2D eigenvalue weighted by molar-refractivity contribution is 5.95. The topological polar surface area (TPSA) is 125 Å². The number of carbonyl (C=O) groups excluding carboxylic acids is 2. The first kappa shape index (κ1) is 24.2. The highest BCUT2D eigenvalue weighted by Crippen LogP contribution is 2.33. The highest BCUT2D eigenvalue weighted by atomic mass is 16.5. The molecule has 1 aliphatic carbocycles. The maximum absolute atomic E-state index is 13.3. The number of likely N-dealkylation sites (tertiary alicyclic amines) is 1. The van der Waals surface area contributed by atoms with E-state index < -0.39 is 6.09 Å². The Balaban J connectivity index is 1.21. The van der Waals surface area contributed by atoms with Gasteiger partial charge in [0.25, 0.3) is 11.8 Å². The molecule has 10 nitrogen and oxygen atoms in total. The summed E-state index contributed by atoms with van der Waals surface area (Å²) in [5, 5.41) is 12.1. The van der Waals surface area contributed by atoms with Crippen LogP contribution < -0.4 is 5.32 Å². The predicted octanol–water partition coefficient (Wildman–Crippen LogP) is 2.80. The SMILES string of the molecule is O=C(NCC1CCCO1)c1ccc(-c2ncc(C(=O)N(C3CC3)C3CCN(C(=O)O)CC3)cn2)cc1. The van der Waals surface area contributed by atoms with Gasteiger partial charge in [-0.1, -0.05) is 12.1 Å². The maximum Gasteiger partial charge on any atom is 0.407 e. The van der Waals surface area contributed by atoms with E-state index in [1.165, 1.54) is 4.90 Å². The Morgan fingerprint density at radius 3 is 2.22 bits per heavy atom. The van der Waals surface area contributed by atoms with E-state index in [4.69, 9.17) is 4.74 Å². The largest absolute Gasteiger partial charge is 0.465 e. The number of nitrogens with one attached hydrogen (secondary N) is 1. The Hall–Kier alpha value is -3.53. The fraction of sp³-hybridized carbons (Fsp3) is 0.500. The van der Waals surface area contributed by atoms with E-state index in [0.717, 1.165) is 37.9 Å². The lowest BCUT2D eigenvalue weighted by molar-refractivity contribution is 0.0550. The number of hydrogen-bond donors (Lipinski definition) is 2. The molecule has 3 amide bonds. The molecule has 1 aromatic heterocycles. The number of rotatable bonds is 7. The smallest absolute Gasteiger partial charge is 0.407 e. The van der Waals surface area contributed by atoms with Crippen LogP contribution in [-0.4, -0.2) is 87.2 Å². The molecule has 2 N–H and O–H groups in total. The summed E-state index contributed by atoms with van der Waals surface area (Å²) in [6.45, 7) is 2.14. The third-order valence-corrected chi connectivity index (χ3v) is 7.12. The minimum atomic E-state index is -0.908. The van der Waals surface area contributed by atoms with E-state index in [-0.39, 0.29) is 30.0 Å². The number of carboxylic acid groups (broad SMARTS) is 1. The normalized spacial score (nSPS) is 20.2. The predicted molar refractivity (Wildman–Crippen MR) is 131 cm³/mol. The minimum absolute atomic E-state index is 0.0270. The van der Waals surface area contributed by atoms with Crippen molar-refractivity contribution in [1.82, 2.24) is 25.1 Å². The van der Waals surface area contributed by atoms with Gasteiger partial charge in [-0.25, -0.2) is 14.8 Å². The van der Waals surface area contributed by atoms with Gasteiger partial charge in [0.05, 0.1) is 11.7 Å². The van der Waals surface area contributed by atoms with Crippen molar-refractivity contribution >= 4 is 17.9 Å². The van der Waals surface area contributed by atoms with Crippen molar-refractivity contribution < 1.29 is 24.2 Å². The van der Waals surface area contributed by atoms with E-state index in [1.54, 1.807) is 36.7 Å². The Morgan fingerprint density at radius 1 is 0.972 bits per heavy atom. The molecule has 2 aromatic rings. The zero-order valence-electron chi connectivity index (χ0n) is 20.1. The van der Waals surface area contributed by atoms with E-state index in [2.05, 4.69) is 15.3 Å². The first-order valence-electron chi connectivity index (χ1n) is 12.6. The highest BCUT2D eigenvalue weighted by Gasteiger charge is 2.39. The molecule has 0 spiro atoms. The van der Waals surface area contributed by atoms with Crippen molar-refractivity contribution in [2.24, 2.45) is 0 Å². The molecular formula is C26H31N5O5. The van der Waals surface area contributed by atoms with Crippen molar-refractivity contribution in [3.63, 3.8) is 0 Å². The lowest BCUT2D eigenvalue weighted by atomic mass is 10.0. The summed E-state index contributed by atoms with van der Waals surface area (Å²) in [4.78, 5) is 49.1. The fourth-order valence-corrected chi connectivity index (χ4v) is 4.94. The average Bonchev–Trinajstić information content (AvgIpc) is 3.60. The van der Waals surface area contributed by atoms with Crippen LogP contribution in [0.4, 0.5) is 4.79 Å². The van der Waals surface area contributed by atoms with Crippen LogP contribution in [0.25, 0.3) is 11.4 Å². The molecule has 10 heteroatoms. The lowest BCUT2D eigenvalue weighted by Crippen LogP contribution is -2.49. The number of hydrogen-bond acceptors (Lipinski definition) is 6. The van der Waals surface area contributed by atoms with Crippen molar-refractivity contribution in [3.05, 3.63) is 47.8 Å². The van der Waals surface area contributed by atoms with E-state index in [0.29, 0.717) is 49.4 Å². The Morgan fingerprint density at radius 2 is 1.64 bits per heavy atom. The van der Waals surface area contributed by atoms with E-state index in [1.807, 2.05) is 4.90 Å². The van der Waals surface area contributed by atoms with E-state index >= 15 is 0 Å². The Labute approximate surface area is 209 Å². The third-order valence-electron chi connectivity index (χ3n) is 7.12. The maximum atomic E-state index is 13.3. The second kappa shape index (κ2) is 10.6. The van der Waals surface area contributed by atoms with Crippen LogP contribution in [0.1, 0.15) is 59.2 Å². The quantitative estimate of drug-likeness (QED) is 0.608. The van der Waals surface area contributed by atoms with Crippen LogP contribution in [0.2, 0.25) is 0 Å². The van der Waals surface area contributed by atoms with Gasteiger partial charge in [0.15, 0.2) is 5.82 Å². The molecule has 5 rings (SSSR count). The summed E-state index contributed by atoms with van der Waals surface area (Å²) in [6.07, 6.45) is 7.51. The molecule has 190 valence electrons. The molecule has 2 saturated heterocycles. The molecule has 3 fully saturated rings. The minimum Gasteiger partial charge on any atom is -0.465 e. The molecule has 1 unspecified atom stereocenters. The van der Waals surface area contributed by atoms with Gasteiger partial charge in [-0.05, 0) is 50.7 Å². The molecule has 2 aliphatic heterocycles. The summed E-state index contributed by atoms with van der Waals surface area (Å²) in [7, 11) is 0. The summed E-state index contributed by atoms with van der Waals surface area (Å²) >= 11 is 0. The van der Waals surface area contributed by atoms with Gasteiger partial charge < -0.3 is 25.0 Å². The van der Waals surface area contributed by atoms with Gasteiger partial charge in [0, 0.05) is 61.8 Å². The van der Waals surface area contributed by atoms with Crippen LogP contribution in [0, 0.1) is 0 Å². The van der Waals surface area contributed by atoms with Gasteiger partial charge in [0.1, 0.15) is 0 Å². The lowest BCUT2D eigenvalue weighted by Gasteiger charge is -2.37. The number of carbonyl (C=O) groups is 3. The molecular weight excluding hydrogens is 462 g/mol. The Kier molecular flexibility index (Phi) is 7.13. The van der Waals surface area contributed by atoms with E-state index in [9.17, 15) is 19.5 Å². The summed E-state index contributed by atoms with van der Waals surface area (Å²) in [6, 6.07) is 7.30. The zero-order chi connectivity index (χ0) is 25.1. The molecule has 0 bridgehead atoms. The van der Waals surface area contributed by atoms with Crippen molar-refractivity contribution in [2.75, 3.05) is 26.2 Å². The van der Waals surface area contributed by atoms with Gasteiger partial charge in [0.2, 0.25) is 0 Å². The molecule has 1 aromatic carbocycles. The van der Waals surface area contributed by atoms with Gasteiger partial charge >= 0.3 is 6.09 Å². The summed E-state index contributed by atoms with van der Waals surface area (Å²) in [5.74, 6) is 0.231. The van der Waals surface area contributed by atoms with Gasteiger partial charge in [-0.3, -0.25) is 9.59 Å². The summed E-state index contributed by atoms with van der Waals surface area (Å²) < 4.78 is 5.54. The molecule has 3 aliphatic rings. The number of aromatic nitrogens is 2. The molecule has 0 radical (unpaired) electrons. The first-order chi connectivity index (χ1) is 17.5. The molecule has 36 heavy (non-hydrogen) atoms. The molecule has 3 heterocycles. The van der Waals surface area contributed by atoms with Crippen molar-refractivity contribution in [2.45, 2.75) is 56.7 Å². The van der Waals surface area contributed by atoms with Crippen LogP contribution in [0.15, 0.2) is 36.7 Å². The average molecular weight is 494 g/mol. The molecule has 1 saturated carbocycles. The number of ether oxygens (including phenoxy) is 1. The van der Waals surface area contributed by atoms with Gasteiger partial charge in [-0.15, -0.1) is 0 Å². The summed E-state index contributed by atoms with van der Waals surface area (Å²) in [5.41, 5.74) is 1.73. The fourth-order valence-electron chi connectivity index (χ4n) is 4.94. The zero-order valence-corrected chi connectivity index (χ0v) is 20.1. The Bertz CT molecular complexity index is 1090. The van der Waals surface area contributed by atoms with Crippen LogP contribution in [0.3, 0.4) is 0 Å². The standard InChI is InChI=1S/C26H31N5O5/c32-24(29-16-22-2-1-13-36-22)18-5-3-17(4-6-18)23-27-14-19(15-28-23)25(33)31(20-7-8-20)21-9-11-30(12-10-21)26(34)35/h3-6,14-15,20-22H,1-2,7-13,16H2,(H,29,32)(H,34,35). The monoisotopic (exact) mass is 493 g/mol. The number of amides is 3.